The molecule has 1 aliphatic carbocycles. The van der Waals surface area contributed by atoms with E-state index < -0.39 is 0 Å². The summed E-state index contributed by atoms with van der Waals surface area (Å²) in [5.74, 6) is 2.20. The summed E-state index contributed by atoms with van der Waals surface area (Å²) in [6.07, 6.45) is 5.03. The fraction of sp³-hybridized carbons (Fsp3) is 0.538. The molecule has 5 rings (SSSR count). The van der Waals surface area contributed by atoms with Gasteiger partial charge in [0.1, 0.15) is 17.5 Å². The van der Waals surface area contributed by atoms with Crippen molar-refractivity contribution in [2.45, 2.75) is 58.8 Å². The molecule has 0 radical (unpaired) electrons. The Morgan fingerprint density at radius 2 is 1.88 bits per heavy atom. The molecule has 1 saturated carbocycles. The largest absolute Gasteiger partial charge is 0.354 e. The van der Waals surface area contributed by atoms with Crippen molar-refractivity contribution in [2.75, 3.05) is 31.1 Å². The molecule has 1 atom stereocenters. The van der Waals surface area contributed by atoms with E-state index in [0.717, 1.165) is 85.8 Å². The molecule has 1 amide bonds. The first-order valence-corrected chi connectivity index (χ1v) is 12.5. The molecule has 180 valence electrons. The van der Waals surface area contributed by atoms with Crippen LogP contribution >= 0.6 is 0 Å². The van der Waals surface area contributed by atoms with Crippen LogP contribution in [0.4, 0.5) is 10.2 Å². The van der Waals surface area contributed by atoms with Gasteiger partial charge in [0.15, 0.2) is 5.65 Å². The van der Waals surface area contributed by atoms with Gasteiger partial charge in [0, 0.05) is 38.0 Å². The Bertz CT molecular complexity index is 1190. The highest BCUT2D eigenvalue weighted by Gasteiger charge is 2.34. The molecule has 0 N–H and O–H groups in total. The number of carbonyl (C=O) groups is 1. The lowest BCUT2D eigenvalue weighted by Gasteiger charge is -2.24. The first-order chi connectivity index (χ1) is 16.5. The molecule has 0 spiro atoms. The molecule has 0 unspecified atom stereocenters. The van der Waals surface area contributed by atoms with Gasteiger partial charge in [-0.1, -0.05) is 20.3 Å². The van der Waals surface area contributed by atoms with Crippen molar-refractivity contribution < 1.29 is 9.18 Å². The second-order valence-corrected chi connectivity index (χ2v) is 9.71. The van der Waals surface area contributed by atoms with E-state index in [0.29, 0.717) is 12.5 Å². The zero-order valence-electron chi connectivity index (χ0n) is 20.3. The average Bonchev–Trinajstić information content (AvgIpc) is 3.66. The molecule has 34 heavy (non-hydrogen) atoms. The standard InChI is InChI=1S/C26H33FN6O/c1-4-6-17(2)23-28-24(31-13-5-14-32(16-15-31)26(34)19-7-8-19)22-18(3)30-33(25(22)29-23)21-11-9-20(27)10-12-21/h9-12,17,19H,4-8,13-16H2,1-3H3/t17-/m1/s1. The SMILES string of the molecule is CCC[C@@H](C)c1nc(N2CCCN(C(=O)C3CC3)CC2)c2c(C)nn(-c3ccc(F)cc3)c2n1. The molecule has 0 bridgehead atoms. The first kappa shape index (κ1) is 22.7. The molecule has 8 heteroatoms. The van der Waals surface area contributed by atoms with Crippen molar-refractivity contribution in [3.63, 3.8) is 0 Å². The van der Waals surface area contributed by atoms with Gasteiger partial charge in [-0.15, -0.1) is 0 Å². The molecule has 2 aromatic heterocycles. The van der Waals surface area contributed by atoms with Gasteiger partial charge in [0.05, 0.1) is 16.8 Å². The Morgan fingerprint density at radius 1 is 1.12 bits per heavy atom. The predicted molar refractivity (Wildman–Crippen MR) is 131 cm³/mol. The van der Waals surface area contributed by atoms with E-state index in [2.05, 4.69) is 18.7 Å². The maximum atomic E-state index is 13.6. The molecule has 1 aromatic carbocycles. The minimum Gasteiger partial charge on any atom is -0.354 e. The summed E-state index contributed by atoms with van der Waals surface area (Å²) in [5.41, 5.74) is 2.37. The van der Waals surface area contributed by atoms with E-state index in [1.165, 1.54) is 12.1 Å². The number of fused-ring (bicyclic) bond motifs is 1. The van der Waals surface area contributed by atoms with Crippen LogP contribution in [-0.4, -0.2) is 56.7 Å². The summed E-state index contributed by atoms with van der Waals surface area (Å²) in [7, 11) is 0. The van der Waals surface area contributed by atoms with Crippen molar-refractivity contribution in [3.8, 4) is 5.69 Å². The van der Waals surface area contributed by atoms with E-state index in [1.807, 2.05) is 11.8 Å². The van der Waals surface area contributed by atoms with E-state index in [9.17, 15) is 9.18 Å². The van der Waals surface area contributed by atoms with E-state index >= 15 is 0 Å². The van der Waals surface area contributed by atoms with Crippen LogP contribution in [0.2, 0.25) is 0 Å². The molecule has 2 aliphatic rings. The molecule has 1 saturated heterocycles. The van der Waals surface area contributed by atoms with Gasteiger partial charge in [-0.05, 0) is 56.9 Å². The fourth-order valence-corrected chi connectivity index (χ4v) is 4.89. The van der Waals surface area contributed by atoms with Crippen LogP contribution in [0, 0.1) is 18.7 Å². The first-order valence-electron chi connectivity index (χ1n) is 12.5. The molecular weight excluding hydrogens is 431 g/mol. The quantitative estimate of drug-likeness (QED) is 0.533. The number of rotatable bonds is 6. The van der Waals surface area contributed by atoms with Gasteiger partial charge >= 0.3 is 0 Å². The highest BCUT2D eigenvalue weighted by atomic mass is 19.1. The topological polar surface area (TPSA) is 67.2 Å². The number of benzene rings is 1. The molecule has 3 aromatic rings. The number of aryl methyl sites for hydroxylation is 1. The fourth-order valence-electron chi connectivity index (χ4n) is 4.89. The summed E-state index contributed by atoms with van der Waals surface area (Å²) >= 11 is 0. The van der Waals surface area contributed by atoms with Gasteiger partial charge in [0.2, 0.25) is 5.91 Å². The second-order valence-electron chi connectivity index (χ2n) is 9.71. The average molecular weight is 465 g/mol. The Balaban J connectivity index is 1.57. The molecular formula is C26H33FN6O. The van der Waals surface area contributed by atoms with Crippen molar-refractivity contribution in [3.05, 3.63) is 41.6 Å². The number of hydrogen-bond donors (Lipinski definition) is 0. The van der Waals surface area contributed by atoms with Crippen LogP contribution in [0.3, 0.4) is 0 Å². The van der Waals surface area contributed by atoms with Gasteiger partial charge in [-0.25, -0.2) is 19.0 Å². The van der Waals surface area contributed by atoms with E-state index in [1.54, 1.807) is 16.8 Å². The Hall–Kier alpha value is -3.03. The van der Waals surface area contributed by atoms with Crippen LogP contribution in [0.1, 0.15) is 63.4 Å². The van der Waals surface area contributed by atoms with Crippen molar-refractivity contribution in [2.24, 2.45) is 5.92 Å². The highest BCUT2D eigenvalue weighted by Crippen LogP contribution is 2.34. The number of amides is 1. The summed E-state index contributed by atoms with van der Waals surface area (Å²) in [5, 5.41) is 5.72. The van der Waals surface area contributed by atoms with E-state index in [4.69, 9.17) is 15.1 Å². The van der Waals surface area contributed by atoms with E-state index in [-0.39, 0.29) is 17.7 Å². The Labute approximate surface area is 200 Å². The number of aromatic nitrogens is 4. The maximum absolute atomic E-state index is 13.6. The van der Waals surface area contributed by atoms with Crippen molar-refractivity contribution in [1.82, 2.24) is 24.6 Å². The summed E-state index contributed by atoms with van der Waals surface area (Å²) in [6, 6.07) is 6.35. The Kier molecular flexibility index (Phi) is 6.23. The zero-order chi connectivity index (χ0) is 23.8. The minimum atomic E-state index is -0.278. The van der Waals surface area contributed by atoms with Gasteiger partial charge in [-0.3, -0.25) is 4.79 Å². The highest BCUT2D eigenvalue weighted by molar-refractivity contribution is 5.91. The third kappa shape index (κ3) is 4.38. The Morgan fingerprint density at radius 3 is 2.59 bits per heavy atom. The molecule has 3 heterocycles. The normalized spacial score (nSPS) is 17.8. The smallest absolute Gasteiger partial charge is 0.225 e. The van der Waals surface area contributed by atoms with Gasteiger partial charge in [-0.2, -0.15) is 5.10 Å². The summed E-state index contributed by atoms with van der Waals surface area (Å²) in [6.45, 7) is 9.40. The van der Waals surface area contributed by atoms with Crippen LogP contribution < -0.4 is 4.90 Å². The van der Waals surface area contributed by atoms with Crippen LogP contribution in [0.25, 0.3) is 16.7 Å². The number of carbonyl (C=O) groups excluding carboxylic acids is 1. The molecule has 1 aliphatic heterocycles. The number of nitrogens with zero attached hydrogens (tertiary/aromatic N) is 6. The van der Waals surface area contributed by atoms with Gasteiger partial charge in [0.25, 0.3) is 0 Å². The van der Waals surface area contributed by atoms with Crippen LogP contribution in [0.15, 0.2) is 24.3 Å². The lowest BCUT2D eigenvalue weighted by atomic mass is 10.1. The predicted octanol–water partition coefficient (Wildman–Crippen LogP) is 4.62. The molecule has 7 nitrogen and oxygen atoms in total. The molecule has 2 fully saturated rings. The second kappa shape index (κ2) is 9.31. The van der Waals surface area contributed by atoms with Crippen LogP contribution in [-0.2, 0) is 4.79 Å². The summed E-state index contributed by atoms with van der Waals surface area (Å²) < 4.78 is 15.4. The number of anilines is 1. The van der Waals surface area contributed by atoms with Crippen LogP contribution in [0.5, 0.6) is 0 Å². The zero-order valence-corrected chi connectivity index (χ0v) is 20.3. The minimum absolute atomic E-state index is 0.213. The van der Waals surface area contributed by atoms with Crippen molar-refractivity contribution in [1.29, 1.82) is 0 Å². The monoisotopic (exact) mass is 464 g/mol. The lowest BCUT2D eigenvalue weighted by Crippen LogP contribution is -2.36. The number of hydrogen-bond acceptors (Lipinski definition) is 5. The van der Waals surface area contributed by atoms with Gasteiger partial charge < -0.3 is 9.80 Å². The lowest BCUT2D eigenvalue weighted by molar-refractivity contribution is -0.132. The third-order valence-electron chi connectivity index (χ3n) is 6.97. The number of halogens is 1. The summed E-state index contributed by atoms with van der Waals surface area (Å²) in [4.78, 5) is 27.1. The van der Waals surface area contributed by atoms with Crippen molar-refractivity contribution >= 4 is 22.8 Å². The maximum Gasteiger partial charge on any atom is 0.225 e. The third-order valence-corrected chi connectivity index (χ3v) is 6.97.